The Morgan fingerprint density at radius 1 is 0.872 bits per heavy atom. The number of aromatic nitrogens is 2. The number of nitrogens with zero attached hydrogens (tertiary/aromatic N) is 2. The van der Waals surface area contributed by atoms with Crippen LogP contribution >= 0.6 is 0 Å². The van der Waals surface area contributed by atoms with Crippen LogP contribution in [0.1, 0.15) is 42.5 Å². The normalized spacial score (nSPS) is 9.46. The number of rotatable bonds is 6. The molecule has 3 N–H and O–H groups in total. The molecule has 7 heteroatoms. The van der Waals surface area contributed by atoms with Gasteiger partial charge in [-0.1, -0.05) is 74.0 Å². The highest BCUT2D eigenvalue weighted by atomic mass is 16.4. The molecule has 2 aromatic carbocycles. The van der Waals surface area contributed by atoms with Crippen LogP contribution in [0.4, 0.5) is 0 Å². The van der Waals surface area contributed by atoms with Crippen molar-refractivity contribution in [2.24, 2.45) is 5.73 Å². The Kier molecular flexibility index (Phi) is 14.9. The quantitative estimate of drug-likeness (QED) is 0.331. The van der Waals surface area contributed by atoms with Gasteiger partial charge in [-0.15, -0.1) is 0 Å². The number of nitrogens with two attached hydrogens (primary N) is 1. The average Bonchev–Trinajstić information content (AvgIpc) is 2.91. The molecule has 0 saturated carbocycles. The monoisotopic (exact) mass is 529 g/mol. The second-order valence-electron chi connectivity index (χ2n) is 8.50. The van der Waals surface area contributed by atoms with E-state index in [4.69, 9.17) is 10.8 Å². The molecule has 1 amide bonds. The third-order valence-corrected chi connectivity index (χ3v) is 5.35. The summed E-state index contributed by atoms with van der Waals surface area (Å²) in [7, 11) is 0. The number of carbonyl (C=O) groups excluding carboxylic acids is 1. The fourth-order valence-electron chi connectivity index (χ4n) is 3.53. The lowest BCUT2D eigenvalue weighted by Gasteiger charge is -2.10. The number of benzene rings is 2. The summed E-state index contributed by atoms with van der Waals surface area (Å²) in [5, 5.41) is 8.73. The maximum absolute atomic E-state index is 10.9. The smallest absolute Gasteiger partial charge is 0.303 e. The van der Waals surface area contributed by atoms with Crippen molar-refractivity contribution in [1.82, 2.24) is 9.55 Å². The van der Waals surface area contributed by atoms with Crippen molar-refractivity contribution in [1.29, 1.82) is 0 Å². The number of aliphatic carboxylic acids is 1. The van der Waals surface area contributed by atoms with E-state index in [0.29, 0.717) is 6.42 Å². The van der Waals surface area contributed by atoms with E-state index in [1.54, 1.807) is 18.3 Å². The average molecular weight is 530 g/mol. The largest absolute Gasteiger partial charge is 0.481 e. The van der Waals surface area contributed by atoms with Crippen LogP contribution in [0, 0.1) is 20.8 Å². The molecule has 2 aromatic heterocycles. The van der Waals surface area contributed by atoms with Crippen molar-refractivity contribution < 1.29 is 14.7 Å². The van der Waals surface area contributed by atoms with E-state index in [0.717, 1.165) is 16.8 Å². The minimum atomic E-state index is -0.773. The second-order valence-corrected chi connectivity index (χ2v) is 8.50. The van der Waals surface area contributed by atoms with Gasteiger partial charge in [0.1, 0.15) is 6.54 Å². The number of hydrogen-bond acceptors (Lipinski definition) is 4. The van der Waals surface area contributed by atoms with Gasteiger partial charge in [-0.25, -0.2) is 0 Å². The van der Waals surface area contributed by atoms with Gasteiger partial charge in [0.15, 0.2) is 0 Å². The highest BCUT2D eigenvalue weighted by molar-refractivity contribution is 5.73. The van der Waals surface area contributed by atoms with Gasteiger partial charge in [0.05, 0.1) is 5.69 Å². The van der Waals surface area contributed by atoms with E-state index in [1.165, 1.54) is 33.5 Å². The Labute approximate surface area is 231 Å². The summed E-state index contributed by atoms with van der Waals surface area (Å²) < 4.78 is 1.25. The van der Waals surface area contributed by atoms with Gasteiger partial charge in [0.2, 0.25) is 5.91 Å². The van der Waals surface area contributed by atoms with E-state index < -0.39 is 11.9 Å². The molecule has 0 unspecified atom stereocenters. The number of carbonyl (C=O) groups is 2. The molecule has 0 saturated heterocycles. The van der Waals surface area contributed by atoms with Crippen LogP contribution in [0.2, 0.25) is 0 Å². The van der Waals surface area contributed by atoms with Crippen molar-refractivity contribution in [3.63, 3.8) is 0 Å². The molecule has 4 aromatic rings. The second kappa shape index (κ2) is 17.9. The molecular formula is C32H39N3O4. The summed E-state index contributed by atoms with van der Waals surface area (Å²) in [6.07, 6.45) is 3.96. The molecular weight excluding hydrogens is 490 g/mol. The van der Waals surface area contributed by atoms with Crippen molar-refractivity contribution in [2.45, 2.75) is 54.0 Å². The molecule has 0 radical (unpaired) electrons. The van der Waals surface area contributed by atoms with Crippen molar-refractivity contribution in [2.75, 3.05) is 0 Å². The van der Waals surface area contributed by atoms with E-state index in [-0.39, 0.29) is 18.5 Å². The Balaban J connectivity index is 0.000000320. The van der Waals surface area contributed by atoms with Crippen LogP contribution in [-0.2, 0) is 22.6 Å². The van der Waals surface area contributed by atoms with Gasteiger partial charge in [-0.05, 0) is 62.1 Å². The van der Waals surface area contributed by atoms with E-state index in [1.807, 2.05) is 50.2 Å². The van der Waals surface area contributed by atoms with Crippen LogP contribution in [0.15, 0.2) is 96.1 Å². The summed E-state index contributed by atoms with van der Waals surface area (Å²) in [5.74, 6) is -1.29. The lowest BCUT2D eigenvalue weighted by molar-refractivity contribution is -0.137. The molecule has 4 rings (SSSR count). The molecule has 0 aliphatic carbocycles. The Bertz CT molecular complexity index is 1340. The minimum Gasteiger partial charge on any atom is -0.481 e. The molecule has 206 valence electrons. The Morgan fingerprint density at radius 2 is 1.49 bits per heavy atom. The highest BCUT2D eigenvalue weighted by Crippen LogP contribution is 2.26. The van der Waals surface area contributed by atoms with E-state index in [9.17, 15) is 14.4 Å². The lowest BCUT2D eigenvalue weighted by atomic mass is 9.98. The first-order valence-corrected chi connectivity index (χ1v) is 12.9. The molecule has 0 bridgehead atoms. The zero-order valence-corrected chi connectivity index (χ0v) is 23.4. The van der Waals surface area contributed by atoms with Gasteiger partial charge >= 0.3 is 5.97 Å². The van der Waals surface area contributed by atoms with Gasteiger partial charge in [-0.2, -0.15) is 0 Å². The van der Waals surface area contributed by atoms with Crippen LogP contribution in [0.3, 0.4) is 0 Å². The summed E-state index contributed by atoms with van der Waals surface area (Å²) >= 11 is 0. The van der Waals surface area contributed by atoms with Crippen molar-refractivity contribution in [3.05, 3.63) is 124 Å². The van der Waals surface area contributed by atoms with Crippen LogP contribution in [0.25, 0.3) is 11.3 Å². The van der Waals surface area contributed by atoms with Crippen molar-refractivity contribution in [3.8, 4) is 11.3 Å². The molecule has 39 heavy (non-hydrogen) atoms. The zero-order chi connectivity index (χ0) is 29.2. The number of aryl methyl sites for hydroxylation is 4. The molecule has 0 spiro atoms. The van der Waals surface area contributed by atoms with Crippen LogP contribution in [-0.4, -0.2) is 26.5 Å². The topological polar surface area (TPSA) is 115 Å². The first-order chi connectivity index (χ1) is 18.7. The maximum atomic E-state index is 10.9. The third kappa shape index (κ3) is 12.5. The SMILES string of the molecule is CC.Cc1cccc(C)c1-c1cc(CCC(=O)O)ccn1.Cc1ccccc1.NC(=O)Cn1ccccc1=O. The number of carboxylic acids is 1. The zero-order valence-electron chi connectivity index (χ0n) is 23.4. The predicted molar refractivity (Wildman–Crippen MR) is 158 cm³/mol. The maximum Gasteiger partial charge on any atom is 0.303 e. The number of hydrogen-bond donors (Lipinski definition) is 2. The predicted octanol–water partition coefficient (Wildman–Crippen LogP) is 5.74. The number of amides is 1. The first-order valence-electron chi connectivity index (χ1n) is 12.9. The van der Waals surface area contributed by atoms with Gasteiger partial charge in [0.25, 0.3) is 5.56 Å². The molecule has 7 nitrogen and oxygen atoms in total. The fraction of sp³-hybridized carbons (Fsp3) is 0.250. The molecule has 0 atom stereocenters. The van der Waals surface area contributed by atoms with Crippen LogP contribution < -0.4 is 11.3 Å². The summed E-state index contributed by atoms with van der Waals surface area (Å²) in [6.45, 7) is 10.2. The number of pyridine rings is 2. The summed E-state index contributed by atoms with van der Waals surface area (Å²) in [5.41, 5.74) is 11.4. The fourth-order valence-corrected chi connectivity index (χ4v) is 3.53. The summed E-state index contributed by atoms with van der Waals surface area (Å²) in [4.78, 5) is 36.3. The van der Waals surface area contributed by atoms with Gasteiger partial charge in [-0.3, -0.25) is 19.4 Å². The van der Waals surface area contributed by atoms with Gasteiger partial charge < -0.3 is 15.4 Å². The third-order valence-electron chi connectivity index (χ3n) is 5.35. The number of primary amides is 1. The van der Waals surface area contributed by atoms with E-state index in [2.05, 4.69) is 50.0 Å². The highest BCUT2D eigenvalue weighted by Gasteiger charge is 2.08. The van der Waals surface area contributed by atoms with Gasteiger partial charge in [0, 0.05) is 30.4 Å². The van der Waals surface area contributed by atoms with Crippen molar-refractivity contribution >= 4 is 11.9 Å². The standard InChI is InChI=1S/C16H17NO2.C7H8N2O2.C7H8.C2H6/c1-11-4-3-5-12(2)16(11)14-10-13(8-9-17-14)6-7-15(18)19;8-6(10)5-9-4-2-1-3-7(9)11;1-7-5-3-2-4-6-7;1-2/h3-5,8-10H,6-7H2,1-2H3,(H,18,19);1-4H,5H2,(H2,8,10);2-6H,1H3;1-2H3. The minimum absolute atomic E-state index is 0.0559. The van der Waals surface area contributed by atoms with E-state index >= 15 is 0 Å². The number of carboxylic acid groups (broad SMARTS) is 1. The molecule has 0 aliphatic heterocycles. The summed E-state index contributed by atoms with van der Waals surface area (Å²) in [6, 6.07) is 24.9. The Hall–Kier alpha value is -4.52. The molecule has 2 heterocycles. The Morgan fingerprint density at radius 3 is 2.00 bits per heavy atom. The molecule has 0 fully saturated rings. The van der Waals surface area contributed by atoms with Crippen LogP contribution in [0.5, 0.6) is 0 Å². The first kappa shape index (κ1) is 32.5. The molecule has 0 aliphatic rings. The lowest BCUT2D eigenvalue weighted by Crippen LogP contribution is -2.26.